The van der Waals surface area contributed by atoms with E-state index in [9.17, 15) is 9.59 Å². The molecule has 1 fully saturated rings. The predicted molar refractivity (Wildman–Crippen MR) is 133 cm³/mol. The Kier molecular flexibility index (Phi) is 7.33. The van der Waals surface area contributed by atoms with E-state index in [4.69, 9.17) is 14.5 Å². The van der Waals surface area contributed by atoms with Gasteiger partial charge < -0.3 is 24.2 Å². The third-order valence-corrected chi connectivity index (χ3v) is 7.37. The zero-order valence-corrected chi connectivity index (χ0v) is 21.2. The van der Waals surface area contributed by atoms with Gasteiger partial charge in [-0.15, -0.1) is 0 Å². The van der Waals surface area contributed by atoms with Gasteiger partial charge in [-0.3, -0.25) is 4.79 Å². The van der Waals surface area contributed by atoms with Gasteiger partial charge in [0.25, 0.3) is 0 Å². The molecule has 1 aromatic rings. The van der Waals surface area contributed by atoms with Crippen LogP contribution in [0.5, 0.6) is 5.75 Å². The Labute approximate surface area is 205 Å². The molecule has 3 aliphatic rings. The number of allylic oxidation sites excluding steroid dienone is 1. The number of hydrogen-bond acceptors (Lipinski definition) is 8. The van der Waals surface area contributed by atoms with Crippen molar-refractivity contribution in [3.63, 3.8) is 0 Å². The summed E-state index contributed by atoms with van der Waals surface area (Å²) >= 11 is 1.48. The van der Waals surface area contributed by atoms with Gasteiger partial charge in [-0.1, -0.05) is 23.9 Å². The van der Waals surface area contributed by atoms with E-state index in [0.29, 0.717) is 23.1 Å². The molecule has 0 aliphatic carbocycles. The van der Waals surface area contributed by atoms with E-state index < -0.39 is 12.0 Å². The maximum Gasteiger partial charge on any atom is 0.338 e. The lowest BCUT2D eigenvalue weighted by atomic mass is 9.93. The van der Waals surface area contributed by atoms with Crippen molar-refractivity contribution in [3.05, 3.63) is 52.2 Å². The number of carbonyl (C=O) groups excluding carboxylic acids is 2. The summed E-state index contributed by atoms with van der Waals surface area (Å²) in [5.41, 5.74) is 2.82. The number of hydrogen-bond donors (Lipinski definition) is 0. The number of carbonyl (C=O) groups is 2. The summed E-state index contributed by atoms with van der Waals surface area (Å²) in [6, 6.07) is 7.59. The fourth-order valence-electron chi connectivity index (χ4n) is 4.62. The van der Waals surface area contributed by atoms with E-state index in [-0.39, 0.29) is 18.9 Å². The lowest BCUT2D eigenvalue weighted by molar-refractivity contribution is -0.139. The number of ether oxygens (including phenoxy) is 2. The molecule has 0 N–H and O–H groups in total. The number of benzene rings is 1. The number of rotatable bonds is 7. The minimum absolute atomic E-state index is 0.0887. The Morgan fingerprint density at radius 1 is 1.29 bits per heavy atom. The van der Waals surface area contributed by atoms with Gasteiger partial charge in [-0.2, -0.15) is 0 Å². The third kappa shape index (κ3) is 4.72. The smallest absolute Gasteiger partial charge is 0.338 e. The van der Waals surface area contributed by atoms with Crippen LogP contribution in [0.15, 0.2) is 51.6 Å². The molecule has 0 bridgehead atoms. The van der Waals surface area contributed by atoms with Crippen molar-refractivity contribution < 1.29 is 19.1 Å². The standard InChI is InChI=1S/C25H32N4O4S/c1-6-33-24(31)22-16(2)26-25-29(23(22)17-8-7-9-20(12-17)32-5)19(15-34-25)13-21(30)28-11-10-18(14-28)27(3)4/h7-9,12,15,18,23H,6,10-11,13-14H2,1-5H3/t18-,23-/m1/s1. The molecule has 4 rings (SSSR count). The highest BCUT2D eigenvalue weighted by Crippen LogP contribution is 2.45. The lowest BCUT2D eigenvalue weighted by Gasteiger charge is -2.36. The molecule has 2 atom stereocenters. The van der Waals surface area contributed by atoms with Crippen LogP contribution >= 0.6 is 11.8 Å². The minimum atomic E-state index is -0.455. The van der Waals surface area contributed by atoms with Crippen LogP contribution in [0.1, 0.15) is 38.3 Å². The number of amides is 1. The number of likely N-dealkylation sites (N-methyl/N-ethyl adjacent to an activating group) is 1. The van der Waals surface area contributed by atoms with Crippen LogP contribution in [0.25, 0.3) is 0 Å². The highest BCUT2D eigenvalue weighted by molar-refractivity contribution is 8.16. The van der Waals surface area contributed by atoms with E-state index in [2.05, 4.69) is 19.0 Å². The van der Waals surface area contributed by atoms with Crippen LogP contribution in [0, 0.1) is 0 Å². The summed E-state index contributed by atoms with van der Waals surface area (Å²) in [4.78, 5) is 37.1. The minimum Gasteiger partial charge on any atom is -0.497 e. The largest absolute Gasteiger partial charge is 0.497 e. The third-order valence-electron chi connectivity index (χ3n) is 6.48. The molecule has 8 nitrogen and oxygen atoms in total. The van der Waals surface area contributed by atoms with Gasteiger partial charge in [0.05, 0.1) is 37.4 Å². The molecule has 0 radical (unpaired) electrons. The Morgan fingerprint density at radius 2 is 2.09 bits per heavy atom. The van der Waals surface area contributed by atoms with Crippen molar-refractivity contribution in [1.82, 2.24) is 14.7 Å². The molecule has 34 heavy (non-hydrogen) atoms. The van der Waals surface area contributed by atoms with Gasteiger partial charge in [0.2, 0.25) is 5.91 Å². The molecule has 182 valence electrons. The van der Waals surface area contributed by atoms with E-state index in [1.165, 1.54) is 11.8 Å². The van der Waals surface area contributed by atoms with Crippen LogP contribution < -0.4 is 4.74 Å². The van der Waals surface area contributed by atoms with Crippen molar-refractivity contribution in [2.45, 2.75) is 38.8 Å². The van der Waals surface area contributed by atoms with E-state index in [0.717, 1.165) is 35.9 Å². The molecular weight excluding hydrogens is 452 g/mol. The highest BCUT2D eigenvalue weighted by Gasteiger charge is 2.42. The van der Waals surface area contributed by atoms with Gasteiger partial charge >= 0.3 is 5.97 Å². The molecule has 1 saturated heterocycles. The number of esters is 1. The van der Waals surface area contributed by atoms with Crippen LogP contribution in [0.3, 0.4) is 0 Å². The molecule has 0 aromatic heterocycles. The quantitative estimate of drug-likeness (QED) is 0.549. The number of methoxy groups -OCH3 is 1. The molecule has 3 aliphatic heterocycles. The molecule has 1 aromatic carbocycles. The van der Waals surface area contributed by atoms with Crippen LogP contribution in [0.4, 0.5) is 0 Å². The van der Waals surface area contributed by atoms with Gasteiger partial charge in [-0.05, 0) is 57.5 Å². The number of fused-ring (bicyclic) bond motifs is 1. The Morgan fingerprint density at radius 3 is 2.76 bits per heavy atom. The number of amidine groups is 1. The van der Waals surface area contributed by atoms with Crippen molar-refractivity contribution >= 4 is 28.8 Å². The first kappa shape index (κ1) is 24.3. The van der Waals surface area contributed by atoms with E-state index in [1.54, 1.807) is 14.0 Å². The first-order chi connectivity index (χ1) is 16.3. The highest BCUT2D eigenvalue weighted by atomic mass is 32.2. The average molecular weight is 485 g/mol. The number of nitrogens with zero attached hydrogens (tertiary/aromatic N) is 4. The van der Waals surface area contributed by atoms with Crippen molar-refractivity contribution in [1.29, 1.82) is 0 Å². The summed E-state index contributed by atoms with van der Waals surface area (Å²) in [5, 5.41) is 2.74. The Balaban J connectivity index is 1.66. The van der Waals surface area contributed by atoms with Gasteiger partial charge in [0.15, 0.2) is 5.17 Å². The topological polar surface area (TPSA) is 74.7 Å². The van der Waals surface area contributed by atoms with Crippen molar-refractivity contribution in [3.8, 4) is 5.75 Å². The second-order valence-corrected chi connectivity index (χ2v) is 9.65. The Hall–Kier alpha value is -2.78. The van der Waals surface area contributed by atoms with Crippen molar-refractivity contribution in [2.24, 2.45) is 4.99 Å². The molecule has 3 heterocycles. The van der Waals surface area contributed by atoms with E-state index in [1.807, 2.05) is 46.4 Å². The lowest BCUT2D eigenvalue weighted by Crippen LogP contribution is -2.39. The normalized spacial score (nSPS) is 22.1. The fourth-order valence-corrected chi connectivity index (χ4v) is 5.59. The second-order valence-electron chi connectivity index (χ2n) is 8.81. The zero-order chi connectivity index (χ0) is 24.4. The van der Waals surface area contributed by atoms with Crippen LogP contribution in [-0.2, 0) is 14.3 Å². The second kappa shape index (κ2) is 10.2. The summed E-state index contributed by atoms with van der Waals surface area (Å²) in [5.74, 6) is 0.389. The molecule has 0 saturated carbocycles. The number of likely N-dealkylation sites (tertiary alicyclic amines) is 1. The Bertz CT molecular complexity index is 1060. The first-order valence-electron chi connectivity index (χ1n) is 11.5. The monoisotopic (exact) mass is 484 g/mol. The molecule has 0 spiro atoms. The van der Waals surface area contributed by atoms with Gasteiger partial charge in [0.1, 0.15) is 5.75 Å². The first-order valence-corrected chi connectivity index (χ1v) is 12.4. The predicted octanol–water partition coefficient (Wildman–Crippen LogP) is 3.39. The molecule has 1 amide bonds. The maximum absolute atomic E-state index is 13.2. The van der Waals surface area contributed by atoms with Crippen molar-refractivity contribution in [2.75, 3.05) is 40.9 Å². The van der Waals surface area contributed by atoms with E-state index >= 15 is 0 Å². The molecule has 0 unspecified atom stereocenters. The zero-order valence-electron chi connectivity index (χ0n) is 20.4. The summed E-state index contributed by atoms with van der Waals surface area (Å²) < 4.78 is 10.9. The molecular formula is C25H32N4O4S. The summed E-state index contributed by atoms with van der Waals surface area (Å²) in [6.45, 7) is 5.39. The average Bonchev–Trinajstić information content (AvgIpc) is 3.46. The van der Waals surface area contributed by atoms with Gasteiger partial charge in [-0.25, -0.2) is 9.79 Å². The summed E-state index contributed by atoms with van der Waals surface area (Å²) in [7, 11) is 5.72. The maximum atomic E-state index is 13.2. The summed E-state index contributed by atoms with van der Waals surface area (Å²) in [6.07, 6.45) is 1.23. The van der Waals surface area contributed by atoms with Crippen LogP contribution in [-0.4, -0.2) is 78.7 Å². The number of aliphatic imine (C=N–C) groups is 1. The SMILES string of the molecule is CCOC(=O)C1=C(C)N=C2SC=C(CC(=O)N3CC[C@@H](N(C)C)C3)N2[C@@H]1c1cccc(OC)c1. The van der Waals surface area contributed by atoms with Crippen LogP contribution in [0.2, 0.25) is 0 Å². The molecule has 9 heteroatoms. The van der Waals surface area contributed by atoms with Gasteiger partial charge in [0, 0.05) is 24.8 Å². The fraction of sp³-hybridized carbons (Fsp3) is 0.480. The number of thioether (sulfide) groups is 1.